The number of hydrogen-bond donors (Lipinski definition) is 0. The predicted octanol–water partition coefficient (Wildman–Crippen LogP) is 2.75. The predicted molar refractivity (Wildman–Crippen MR) is 80.4 cm³/mol. The van der Waals surface area contributed by atoms with Crippen molar-refractivity contribution in [2.75, 3.05) is 4.90 Å². The van der Waals surface area contributed by atoms with E-state index in [1.165, 1.54) is 35.4 Å². The molecule has 0 radical (unpaired) electrons. The summed E-state index contributed by atoms with van der Waals surface area (Å²) in [6, 6.07) is 7.30. The molecule has 1 aliphatic rings. The number of benzene rings is 1. The second-order valence-electron chi connectivity index (χ2n) is 5.08. The fourth-order valence-electron chi connectivity index (χ4n) is 2.49. The van der Waals surface area contributed by atoms with Crippen LogP contribution in [0.25, 0.3) is 0 Å². The Morgan fingerprint density at radius 3 is 2.57 bits per heavy atom. The highest BCUT2D eigenvalue weighted by Crippen LogP contribution is 2.35. The van der Waals surface area contributed by atoms with Crippen LogP contribution >= 0.6 is 11.6 Å². The lowest BCUT2D eigenvalue weighted by Crippen LogP contribution is -2.37. The number of carbonyl (C=O) groups is 1. The van der Waals surface area contributed by atoms with Gasteiger partial charge < -0.3 is 4.90 Å². The molecule has 21 heavy (non-hydrogen) atoms. The van der Waals surface area contributed by atoms with Crippen molar-refractivity contribution in [2.24, 2.45) is 0 Å². The van der Waals surface area contributed by atoms with Crippen LogP contribution in [-0.4, -0.2) is 24.3 Å². The van der Waals surface area contributed by atoms with Gasteiger partial charge in [0, 0.05) is 17.3 Å². The molecular weight excluding hydrogens is 312 g/mol. The number of hydrogen-bond acceptors (Lipinski definition) is 3. The minimum Gasteiger partial charge on any atom is -0.303 e. The number of aromatic nitrogens is 1. The Balaban J connectivity index is 2.44. The summed E-state index contributed by atoms with van der Waals surface area (Å²) >= 11 is 5.99. The molecule has 0 aliphatic carbocycles. The van der Waals surface area contributed by atoms with Crippen LogP contribution in [0.3, 0.4) is 0 Å². The first-order valence-electron chi connectivity index (χ1n) is 6.40. The zero-order valence-corrected chi connectivity index (χ0v) is 13.0. The molecule has 0 spiro atoms. The van der Waals surface area contributed by atoms with E-state index < -0.39 is 10.0 Å². The molecule has 1 amide bonds. The lowest BCUT2D eigenvalue weighted by Gasteiger charge is -2.26. The van der Waals surface area contributed by atoms with Gasteiger partial charge in [0.05, 0.1) is 5.69 Å². The molecule has 0 atom stereocenters. The van der Waals surface area contributed by atoms with Crippen molar-refractivity contribution in [3.63, 3.8) is 0 Å². The van der Waals surface area contributed by atoms with Crippen LogP contribution in [0.15, 0.2) is 41.4 Å². The van der Waals surface area contributed by atoms with E-state index in [-0.39, 0.29) is 22.5 Å². The Bertz CT molecular complexity index is 840. The van der Waals surface area contributed by atoms with Gasteiger partial charge in [0.1, 0.15) is 10.6 Å². The fraction of sp³-hybridized carbons (Fsp3) is 0.214. The maximum Gasteiger partial charge on any atom is 0.276 e. The first-order valence-corrected chi connectivity index (χ1v) is 8.22. The van der Waals surface area contributed by atoms with Crippen LogP contribution in [0.2, 0.25) is 5.02 Å². The molecule has 0 N–H and O–H groups in total. The van der Waals surface area contributed by atoms with Crippen LogP contribution < -0.4 is 4.90 Å². The highest BCUT2D eigenvalue weighted by atomic mass is 35.5. The van der Waals surface area contributed by atoms with Gasteiger partial charge in [-0.15, -0.1) is 0 Å². The summed E-state index contributed by atoms with van der Waals surface area (Å²) in [6.45, 7) is 3.65. The fourth-order valence-corrected chi connectivity index (χ4v) is 4.16. The van der Waals surface area contributed by atoms with Crippen LogP contribution in [0, 0.1) is 0 Å². The van der Waals surface area contributed by atoms with Gasteiger partial charge in [-0.2, -0.15) is 0 Å². The van der Waals surface area contributed by atoms with Crippen molar-refractivity contribution in [3.05, 3.63) is 47.2 Å². The number of carbonyl (C=O) groups excluding carboxylic acids is 1. The van der Waals surface area contributed by atoms with Crippen LogP contribution in [-0.2, 0) is 10.0 Å². The monoisotopic (exact) mass is 324 g/mol. The van der Waals surface area contributed by atoms with Gasteiger partial charge in [0.25, 0.3) is 15.9 Å². The molecule has 1 aromatic heterocycles. The molecule has 0 unspecified atom stereocenters. The topological polar surface area (TPSA) is 59.4 Å². The third-order valence-electron chi connectivity index (χ3n) is 3.38. The summed E-state index contributed by atoms with van der Waals surface area (Å²) in [5.74, 6) is -0.361. The van der Waals surface area contributed by atoms with Gasteiger partial charge in [-0.3, -0.25) is 4.79 Å². The van der Waals surface area contributed by atoms with Gasteiger partial charge >= 0.3 is 0 Å². The molecule has 3 rings (SSSR count). The molecule has 2 heterocycles. The van der Waals surface area contributed by atoms with Gasteiger partial charge in [-0.25, -0.2) is 12.4 Å². The molecule has 110 valence electrons. The molecular formula is C14H13ClN2O3S. The molecule has 1 aliphatic heterocycles. The molecule has 1 aromatic carbocycles. The van der Waals surface area contributed by atoms with Gasteiger partial charge in [-0.05, 0) is 44.2 Å². The van der Waals surface area contributed by atoms with Crippen LogP contribution in [0.4, 0.5) is 5.69 Å². The van der Waals surface area contributed by atoms with Crippen molar-refractivity contribution >= 4 is 33.2 Å². The minimum atomic E-state index is -3.82. The molecule has 5 nitrogen and oxygen atoms in total. The smallest absolute Gasteiger partial charge is 0.276 e. The quantitative estimate of drug-likeness (QED) is 0.810. The molecule has 7 heteroatoms. The van der Waals surface area contributed by atoms with Gasteiger partial charge in [-0.1, -0.05) is 11.6 Å². The number of anilines is 1. The summed E-state index contributed by atoms with van der Waals surface area (Å²) < 4.78 is 26.5. The van der Waals surface area contributed by atoms with Crippen LogP contribution in [0.5, 0.6) is 0 Å². The third kappa shape index (κ3) is 1.98. The summed E-state index contributed by atoms with van der Waals surface area (Å²) in [4.78, 5) is 14.2. The first kappa shape index (κ1) is 14.2. The zero-order valence-electron chi connectivity index (χ0n) is 11.4. The molecule has 0 fully saturated rings. The van der Waals surface area contributed by atoms with Gasteiger partial charge in [0.15, 0.2) is 0 Å². The molecule has 2 aromatic rings. The van der Waals surface area contributed by atoms with Crippen molar-refractivity contribution in [1.82, 2.24) is 3.97 Å². The van der Waals surface area contributed by atoms with Crippen molar-refractivity contribution < 1.29 is 13.2 Å². The van der Waals surface area contributed by atoms with Crippen molar-refractivity contribution in [1.29, 1.82) is 0 Å². The number of rotatable bonds is 1. The second-order valence-corrected chi connectivity index (χ2v) is 7.30. The summed E-state index contributed by atoms with van der Waals surface area (Å²) in [7, 11) is -3.82. The minimum absolute atomic E-state index is 0.0731. The van der Waals surface area contributed by atoms with E-state index in [0.717, 1.165) is 3.97 Å². The summed E-state index contributed by atoms with van der Waals surface area (Å²) in [5, 5.41) is 0.383. The van der Waals surface area contributed by atoms with E-state index in [1.807, 2.05) is 13.8 Å². The summed E-state index contributed by atoms with van der Waals surface area (Å²) in [5.41, 5.74) is 0.433. The number of fused-ring (bicyclic) bond motifs is 2. The third-order valence-corrected chi connectivity index (χ3v) is 5.36. The second kappa shape index (κ2) is 4.61. The van der Waals surface area contributed by atoms with Crippen molar-refractivity contribution in [2.45, 2.75) is 24.8 Å². The number of nitrogens with zero attached hydrogens (tertiary/aromatic N) is 2. The highest BCUT2D eigenvalue weighted by molar-refractivity contribution is 7.90. The number of amides is 1. The van der Waals surface area contributed by atoms with E-state index in [2.05, 4.69) is 0 Å². The summed E-state index contributed by atoms with van der Waals surface area (Å²) in [6.07, 6.45) is 1.38. The Labute approximate surface area is 127 Å². The average Bonchev–Trinajstić information content (AvgIpc) is 2.85. The highest BCUT2D eigenvalue weighted by Gasteiger charge is 2.36. The van der Waals surface area contributed by atoms with E-state index in [9.17, 15) is 13.2 Å². The SMILES string of the molecule is CC(C)N1C(=O)c2cccn2S(=O)(=O)c2ccc(Cl)cc21. The Morgan fingerprint density at radius 1 is 1.19 bits per heavy atom. The average molecular weight is 325 g/mol. The molecule has 0 saturated heterocycles. The zero-order chi connectivity index (χ0) is 15.4. The Hall–Kier alpha value is -1.79. The normalized spacial score (nSPS) is 16.6. The largest absolute Gasteiger partial charge is 0.303 e. The van der Waals surface area contributed by atoms with E-state index in [4.69, 9.17) is 11.6 Å². The maximum absolute atomic E-state index is 12.7. The van der Waals surface area contributed by atoms with Crippen molar-refractivity contribution in [3.8, 4) is 0 Å². The Morgan fingerprint density at radius 2 is 1.90 bits per heavy atom. The number of halogens is 1. The first-order chi connectivity index (χ1) is 9.84. The molecule has 0 saturated carbocycles. The standard InChI is InChI=1S/C14H13ClN2O3S/c1-9(2)17-12-8-10(15)5-6-13(12)21(19,20)16-7-3-4-11(16)14(17)18/h3-9H,1-2H3. The van der Waals surface area contributed by atoms with E-state index in [1.54, 1.807) is 6.07 Å². The molecule has 0 bridgehead atoms. The van der Waals surface area contributed by atoms with Gasteiger partial charge in [0.2, 0.25) is 0 Å². The van der Waals surface area contributed by atoms with Crippen LogP contribution in [0.1, 0.15) is 24.3 Å². The van der Waals surface area contributed by atoms with E-state index >= 15 is 0 Å². The van der Waals surface area contributed by atoms with E-state index in [0.29, 0.717) is 10.7 Å². The lowest BCUT2D eigenvalue weighted by atomic mass is 10.2. The Kier molecular flexibility index (Phi) is 3.11. The lowest BCUT2D eigenvalue weighted by molar-refractivity contribution is 0.0975. The maximum atomic E-state index is 12.7.